The molecular weight excluding hydrogens is 1530 g/mol. The summed E-state index contributed by atoms with van der Waals surface area (Å²) in [4.78, 5) is 53.3. The van der Waals surface area contributed by atoms with E-state index in [0.717, 1.165) is 67.3 Å². The Labute approximate surface area is 648 Å². The third kappa shape index (κ3) is 15.6. The van der Waals surface area contributed by atoms with Crippen molar-refractivity contribution >= 4 is 110 Å². The molecule has 0 amide bonds. The number of sulfonamides is 4. The van der Waals surface area contributed by atoms with Crippen LogP contribution in [0.15, 0.2) is 72.8 Å². The predicted molar refractivity (Wildman–Crippen MR) is 420 cm³/mol. The number of benzene rings is 4. The van der Waals surface area contributed by atoms with Crippen molar-refractivity contribution in [2.45, 2.75) is 101 Å². The molecule has 600 valence electrons. The molecule has 4 aromatic heterocycles. The second kappa shape index (κ2) is 31.7. The molecule has 4 aromatic carbocycles. The molecule has 4 atom stereocenters. The quantitative estimate of drug-likeness (QED) is 0.0852. The average molecular weight is 1620 g/mol. The Kier molecular flexibility index (Phi) is 22.5. The van der Waals surface area contributed by atoms with Gasteiger partial charge in [-0.3, -0.25) is 19.2 Å². The maximum atomic E-state index is 13.4. The average Bonchev–Trinajstić information content (AvgIpc) is 1.77. The van der Waals surface area contributed by atoms with Gasteiger partial charge in [0.15, 0.2) is 0 Å². The van der Waals surface area contributed by atoms with Crippen LogP contribution in [0.25, 0.3) is 0 Å². The summed E-state index contributed by atoms with van der Waals surface area (Å²) in [6, 6.07) is 22.4. The van der Waals surface area contributed by atoms with Crippen LogP contribution in [0.1, 0.15) is 136 Å². The summed E-state index contributed by atoms with van der Waals surface area (Å²) in [5, 5.41) is 30.6. The molecule has 8 aliphatic heterocycles. The molecule has 8 aliphatic rings. The minimum absolute atomic E-state index is 0.0973. The molecule has 3 unspecified atom stereocenters. The number of carbonyl (C=O) groups excluding carboxylic acids is 4. The molecule has 8 aromatic rings. The van der Waals surface area contributed by atoms with E-state index >= 15 is 0 Å². The van der Waals surface area contributed by atoms with Crippen molar-refractivity contribution in [2.75, 3.05) is 150 Å². The lowest BCUT2D eigenvalue weighted by Crippen LogP contribution is -2.37. The minimum atomic E-state index is -3.37. The smallest absolute Gasteiger partial charge is 0.256 e. The fourth-order valence-corrected chi connectivity index (χ4v) is 18.9. The zero-order valence-corrected chi connectivity index (χ0v) is 66.5. The molecule has 0 bridgehead atoms. The monoisotopic (exact) mass is 1620 g/mol. The van der Waals surface area contributed by atoms with Gasteiger partial charge in [0.25, 0.3) is 23.6 Å². The van der Waals surface area contributed by atoms with Crippen LogP contribution in [0.2, 0.25) is 0 Å². The molecule has 0 aliphatic carbocycles. The Morgan fingerprint density at radius 2 is 0.616 bits per heavy atom. The molecule has 40 heteroatoms. The Balaban J connectivity index is 0.000000131. The first-order chi connectivity index (χ1) is 53.2. The van der Waals surface area contributed by atoms with E-state index in [-0.39, 0.29) is 55.6 Å². The van der Waals surface area contributed by atoms with Gasteiger partial charge >= 0.3 is 0 Å². The molecule has 0 saturated heterocycles. The number of fused-ring (bicyclic) bond motifs is 8. The lowest BCUT2D eigenvalue weighted by molar-refractivity contribution is 0.0844. The third-order valence-electron chi connectivity index (χ3n) is 21.6. The lowest BCUT2D eigenvalue weighted by Gasteiger charge is -2.28. The van der Waals surface area contributed by atoms with Crippen molar-refractivity contribution in [1.82, 2.24) is 56.3 Å². The number of nitrogens with two attached hydrogens (primary N) is 4. The van der Waals surface area contributed by atoms with Crippen molar-refractivity contribution in [3.63, 3.8) is 0 Å². The van der Waals surface area contributed by atoms with Gasteiger partial charge in [-0.25, -0.2) is 38.4 Å². The molecule has 12 heterocycles. The Morgan fingerprint density at radius 3 is 0.875 bits per heavy atom. The van der Waals surface area contributed by atoms with Crippen molar-refractivity contribution < 1.29 is 71.8 Å². The van der Waals surface area contributed by atoms with Gasteiger partial charge in [0.2, 0.25) is 40.1 Å². The first-order valence-electron chi connectivity index (χ1n) is 36.3. The number of aromatic nitrogens is 8. The van der Waals surface area contributed by atoms with Gasteiger partial charge in [-0.05, 0) is 97.9 Å². The molecule has 12 N–H and O–H groups in total. The Hall–Kier alpha value is -10.4. The van der Waals surface area contributed by atoms with Crippen LogP contribution in [0.4, 0.5) is 46.0 Å². The molecule has 0 fully saturated rings. The molecular formula is C72H92N20O16S4. The summed E-state index contributed by atoms with van der Waals surface area (Å²) in [6.07, 6.45) is 8.87. The zero-order valence-electron chi connectivity index (χ0n) is 63.2. The van der Waals surface area contributed by atoms with Crippen LogP contribution in [0.3, 0.4) is 0 Å². The highest BCUT2D eigenvalue weighted by atomic mass is 32.2. The fraction of sp³-hybridized carbons (Fsp3) is 0.444. The number of methoxy groups -OCH3 is 4. The standard InChI is InChI=1S/4C18H23N5O4S/c1-27-15-5-3-4-11-12(6-8-20-16(11)15)18(24)23-14-10-22(28(2,25)26)9-7-13(14)17(19)21-23;3*1-27-15-5-3-4-11-12(6-8-20-16(11)15)18(24)23-17(19)13-7-9-22(28(2,25)26)10-14(13)21-23/h3-5,12,20H,6-10H2,1-2H3,(H2,19,21);3*3-5,12,20H,6-10,19H2,1-2H3/t;12-;;/m.0../s1. The molecule has 0 spiro atoms. The highest BCUT2D eigenvalue weighted by molar-refractivity contribution is 7.89. The molecule has 0 saturated carbocycles. The van der Waals surface area contributed by atoms with E-state index in [1.165, 1.54) is 61.0 Å². The van der Waals surface area contributed by atoms with E-state index in [4.69, 9.17) is 41.9 Å². The Morgan fingerprint density at radius 1 is 0.366 bits per heavy atom. The summed E-state index contributed by atoms with van der Waals surface area (Å²) in [6.45, 7) is 4.36. The van der Waals surface area contributed by atoms with E-state index in [9.17, 15) is 52.8 Å². The number of nitrogens with zero attached hydrogens (tertiary/aromatic N) is 12. The van der Waals surface area contributed by atoms with Crippen LogP contribution in [0.5, 0.6) is 23.0 Å². The second-order valence-corrected chi connectivity index (χ2v) is 36.3. The SMILES string of the molecule is COc1cccc2c1NCCC2C(=O)n1nc(N)c2c1CN(S(C)(=O)=O)CC2.COc1cccc2c1NCCC2C(=O)n1nc2c(c1N)CCN(S(C)(=O)=O)C2.COc1cccc2c1NCCC2C(=O)n1nc2c(c1N)CCN(S(C)(=O)=O)C2.COc1cccc2c1NCC[C@@H]2C(=O)n1nc2c(c1N)CCN(S(C)(=O)=O)C2. The molecule has 0 radical (unpaired) electrons. The van der Waals surface area contributed by atoms with Gasteiger partial charge in [-0.2, -0.15) is 46.6 Å². The Bertz CT molecular complexity index is 5130. The van der Waals surface area contributed by atoms with E-state index < -0.39 is 63.8 Å². The van der Waals surface area contributed by atoms with Crippen LogP contribution < -0.4 is 63.1 Å². The third-order valence-corrected chi connectivity index (χ3v) is 26.6. The van der Waals surface area contributed by atoms with Crippen molar-refractivity contribution in [2.24, 2.45) is 0 Å². The first kappa shape index (κ1) is 79.7. The van der Waals surface area contributed by atoms with E-state index in [1.54, 1.807) is 28.4 Å². The maximum Gasteiger partial charge on any atom is 0.256 e. The van der Waals surface area contributed by atoms with Gasteiger partial charge < -0.3 is 63.1 Å². The van der Waals surface area contributed by atoms with Crippen LogP contribution >= 0.6 is 0 Å². The van der Waals surface area contributed by atoms with Crippen LogP contribution in [-0.2, 0) is 92.0 Å². The van der Waals surface area contributed by atoms with Gasteiger partial charge in [-0.1, -0.05) is 48.5 Å². The van der Waals surface area contributed by atoms with E-state index in [0.29, 0.717) is 167 Å². The van der Waals surface area contributed by atoms with Crippen LogP contribution in [-0.4, -0.2) is 219 Å². The number of nitrogens with one attached hydrogen (secondary N) is 4. The number of hydrogen-bond acceptors (Lipinski definition) is 28. The van der Waals surface area contributed by atoms with E-state index in [2.05, 4.69) is 41.7 Å². The maximum absolute atomic E-state index is 13.4. The topological polar surface area (TPSA) is 478 Å². The summed E-state index contributed by atoms with van der Waals surface area (Å²) in [5.74, 6) is 1.46. The first-order valence-corrected chi connectivity index (χ1v) is 43.7. The summed E-state index contributed by atoms with van der Waals surface area (Å²) < 4.78 is 127. The lowest BCUT2D eigenvalue weighted by atomic mass is 9.89. The normalized spacial score (nSPS) is 19.4. The zero-order chi connectivity index (χ0) is 80.2. The van der Waals surface area contributed by atoms with Crippen LogP contribution in [0, 0.1) is 0 Å². The van der Waals surface area contributed by atoms with Crippen molar-refractivity contribution in [3.05, 3.63) is 140 Å². The number of hydrogen-bond donors (Lipinski definition) is 8. The number of ether oxygens (including phenoxy) is 4. The summed E-state index contributed by atoms with van der Waals surface area (Å²) in [5.41, 5.74) is 36.6. The number of anilines is 8. The number of nitrogen functional groups attached to an aromatic ring is 4. The van der Waals surface area contributed by atoms with Gasteiger partial charge in [0, 0.05) is 74.6 Å². The molecule has 16 rings (SSSR count). The number of rotatable bonds is 12. The number of carbonyl (C=O) groups is 4. The fourth-order valence-electron chi connectivity index (χ4n) is 15.8. The van der Waals surface area contributed by atoms with Gasteiger partial charge in [0.05, 0.1) is 149 Å². The van der Waals surface area contributed by atoms with Gasteiger partial charge in [-0.15, -0.1) is 5.10 Å². The van der Waals surface area contributed by atoms with Gasteiger partial charge in [0.1, 0.15) is 46.3 Å². The summed E-state index contributed by atoms with van der Waals surface area (Å²) in [7, 11) is -6.97. The predicted octanol–water partition coefficient (Wildman–Crippen LogP) is 4.12. The highest BCUT2D eigenvalue weighted by Gasteiger charge is 2.41. The summed E-state index contributed by atoms with van der Waals surface area (Å²) >= 11 is 0. The van der Waals surface area contributed by atoms with E-state index in [1.807, 2.05) is 72.8 Å². The largest absolute Gasteiger partial charge is 0.495 e. The molecule has 36 nitrogen and oxygen atoms in total. The van der Waals surface area contributed by atoms with Crippen molar-refractivity contribution in [1.29, 1.82) is 0 Å². The highest BCUT2D eigenvalue weighted by Crippen LogP contribution is 2.45. The number of para-hydroxylation sites is 4. The second-order valence-electron chi connectivity index (χ2n) is 28.4. The van der Waals surface area contributed by atoms with Crippen molar-refractivity contribution in [3.8, 4) is 23.0 Å². The minimum Gasteiger partial charge on any atom is -0.495 e. The molecule has 112 heavy (non-hydrogen) atoms.